The monoisotopic (exact) mass is 597 g/mol. The second kappa shape index (κ2) is 9.02. The van der Waals surface area contributed by atoms with E-state index in [4.69, 9.17) is 6.42 Å². The van der Waals surface area contributed by atoms with Crippen LogP contribution in [0.25, 0.3) is 21.7 Å². The fourth-order valence-corrected chi connectivity index (χ4v) is 8.83. The minimum absolute atomic E-state index is 0.0909. The van der Waals surface area contributed by atoms with Crippen LogP contribution >= 0.6 is 45.3 Å². The number of para-hydroxylation sites is 1. The van der Waals surface area contributed by atoms with E-state index in [1.807, 2.05) is 28.7 Å². The third-order valence-electron chi connectivity index (χ3n) is 6.74. The number of terminal acetylenes is 1. The van der Waals surface area contributed by atoms with Crippen molar-refractivity contribution in [2.24, 2.45) is 0 Å². The molecule has 0 N–H and O–H groups in total. The predicted molar refractivity (Wildman–Crippen MR) is 166 cm³/mol. The third kappa shape index (κ3) is 3.58. The van der Waals surface area contributed by atoms with Gasteiger partial charge in [0.25, 0.3) is 6.71 Å². The van der Waals surface area contributed by atoms with E-state index in [9.17, 15) is 0 Å². The van der Waals surface area contributed by atoms with Crippen molar-refractivity contribution in [3.63, 3.8) is 0 Å². The van der Waals surface area contributed by atoms with E-state index in [1.54, 1.807) is 0 Å². The number of anilines is 2. The van der Waals surface area contributed by atoms with Crippen LogP contribution in [0.5, 0.6) is 0 Å². The summed E-state index contributed by atoms with van der Waals surface area (Å²) in [6.45, 7) is 6.69. The Hall–Kier alpha value is -2.79. The largest absolute Gasteiger partial charge is 0.307 e. The van der Waals surface area contributed by atoms with Gasteiger partial charge in [-0.05, 0) is 93.1 Å². The third-order valence-corrected chi connectivity index (χ3v) is 10.3. The van der Waals surface area contributed by atoms with Crippen LogP contribution in [0.3, 0.4) is 0 Å². The highest BCUT2D eigenvalue weighted by Gasteiger charge is 2.41. The summed E-state index contributed by atoms with van der Waals surface area (Å²) in [5.41, 5.74) is 8.87. The summed E-state index contributed by atoms with van der Waals surface area (Å²) in [4.78, 5) is 3.73. The molecule has 0 atom stereocenters. The summed E-state index contributed by atoms with van der Waals surface area (Å²) in [5.74, 6) is 2.74. The summed E-state index contributed by atoms with van der Waals surface area (Å²) >= 11 is 6.27. The van der Waals surface area contributed by atoms with Crippen molar-refractivity contribution in [2.75, 3.05) is 4.90 Å². The molecule has 0 unspecified atom stereocenters. The van der Waals surface area contributed by atoms with E-state index < -0.39 is 0 Å². The molecule has 0 amide bonds. The molecule has 0 spiro atoms. The fraction of sp³-hybridized carbons (Fsp3) is 0.0667. The van der Waals surface area contributed by atoms with Gasteiger partial charge in [-0.1, -0.05) is 67.1 Å². The summed E-state index contributed by atoms with van der Waals surface area (Å²) < 4.78 is 2.62. The Balaban J connectivity index is 1.73. The van der Waals surface area contributed by atoms with Crippen molar-refractivity contribution in [2.45, 2.75) is 13.3 Å². The first-order valence-electron chi connectivity index (χ1n) is 11.5. The first kappa shape index (κ1) is 22.7. The number of thiophene rings is 2. The van der Waals surface area contributed by atoms with Gasteiger partial charge in [0.05, 0.1) is 7.88 Å². The molecule has 2 aliphatic rings. The highest BCUT2D eigenvalue weighted by Crippen LogP contribution is 2.44. The van der Waals surface area contributed by atoms with Gasteiger partial charge in [-0.3, -0.25) is 0 Å². The molecular formula is C30H21BINS2. The number of benzene rings is 2. The Morgan fingerprint density at radius 1 is 1.09 bits per heavy atom. The Morgan fingerprint density at radius 3 is 2.66 bits per heavy atom. The Bertz CT molecular complexity index is 1630. The van der Waals surface area contributed by atoms with Gasteiger partial charge in [0.2, 0.25) is 0 Å². The lowest BCUT2D eigenvalue weighted by Gasteiger charge is -2.35. The molecule has 1 aliphatic heterocycles. The van der Waals surface area contributed by atoms with Crippen molar-refractivity contribution in [1.29, 1.82) is 0 Å². The highest BCUT2D eigenvalue weighted by atomic mass is 127. The van der Waals surface area contributed by atoms with Gasteiger partial charge in [0.1, 0.15) is 0 Å². The number of fused-ring (bicyclic) bond motifs is 4. The van der Waals surface area contributed by atoms with Gasteiger partial charge >= 0.3 is 0 Å². The van der Waals surface area contributed by atoms with Crippen molar-refractivity contribution < 1.29 is 0 Å². The standard InChI is InChI=1S/C30H21BINS2/c1-4-5-17-24-20(3)33(21-13-7-6-8-14-21)30-27(22-15-9-10-18-25(22)34-30)31(24)26-23-16-11-12-19(2)28(23)35-29(26)32/h1,5-11,13-18H,2,12H2,3H3/b17-5-. The molecule has 0 saturated carbocycles. The average molecular weight is 597 g/mol. The van der Waals surface area contributed by atoms with Crippen LogP contribution in [-0.4, -0.2) is 6.71 Å². The van der Waals surface area contributed by atoms with Crippen LogP contribution in [0.4, 0.5) is 10.7 Å². The Morgan fingerprint density at radius 2 is 1.86 bits per heavy atom. The molecular weight excluding hydrogens is 576 g/mol. The van der Waals surface area contributed by atoms with Crippen LogP contribution in [0.2, 0.25) is 0 Å². The van der Waals surface area contributed by atoms with Gasteiger partial charge in [0, 0.05) is 21.0 Å². The number of hydrogen-bond donors (Lipinski definition) is 0. The smallest absolute Gasteiger partial charge is 0.251 e. The second-order valence-corrected chi connectivity index (χ2v) is 12.6. The molecule has 35 heavy (non-hydrogen) atoms. The zero-order valence-corrected chi connectivity index (χ0v) is 23.0. The lowest BCUT2D eigenvalue weighted by Crippen LogP contribution is -2.51. The maximum absolute atomic E-state index is 5.73. The molecule has 6 rings (SSSR count). The lowest BCUT2D eigenvalue weighted by molar-refractivity contribution is 1.16. The van der Waals surface area contributed by atoms with E-state index >= 15 is 0 Å². The van der Waals surface area contributed by atoms with Crippen molar-refractivity contribution in [3.8, 4) is 12.3 Å². The van der Waals surface area contributed by atoms with Crippen molar-refractivity contribution >= 4 is 95.3 Å². The van der Waals surface area contributed by atoms with Gasteiger partial charge in [-0.2, -0.15) is 0 Å². The molecule has 168 valence electrons. The van der Waals surface area contributed by atoms with Crippen LogP contribution in [0, 0.1) is 15.2 Å². The average Bonchev–Trinajstić information content (AvgIpc) is 3.41. The zero-order chi connectivity index (χ0) is 24.1. The highest BCUT2D eigenvalue weighted by molar-refractivity contribution is 14.1. The molecule has 0 saturated heterocycles. The van der Waals surface area contributed by atoms with Crippen molar-refractivity contribution in [3.05, 3.63) is 104 Å². The molecule has 2 aromatic carbocycles. The molecule has 1 nitrogen and oxygen atoms in total. The predicted octanol–water partition coefficient (Wildman–Crippen LogP) is 7.76. The van der Waals surface area contributed by atoms with Gasteiger partial charge in [-0.25, -0.2) is 0 Å². The van der Waals surface area contributed by atoms with Gasteiger partial charge < -0.3 is 4.90 Å². The summed E-state index contributed by atoms with van der Waals surface area (Å²) in [5, 5.41) is 2.60. The summed E-state index contributed by atoms with van der Waals surface area (Å²) in [7, 11) is 0. The minimum Gasteiger partial charge on any atom is -0.307 e. The van der Waals surface area contributed by atoms with Crippen molar-refractivity contribution in [1.82, 2.24) is 0 Å². The fourth-order valence-electron chi connectivity index (χ4n) is 5.22. The molecule has 3 heterocycles. The molecule has 0 bridgehead atoms. The number of rotatable bonds is 3. The SMILES string of the molecule is C#C/C=C\C1=C(C)N(c2ccccc2)c2sc3ccccc3c2B1c1c(I)sc2c1C=CCC2=C. The minimum atomic E-state index is 0.0909. The number of halogens is 1. The van der Waals surface area contributed by atoms with E-state index in [1.165, 1.54) is 56.1 Å². The first-order chi connectivity index (χ1) is 17.1. The Kier molecular flexibility index (Phi) is 5.84. The molecule has 4 aromatic rings. The normalized spacial score (nSPS) is 15.2. The second-order valence-electron chi connectivity index (χ2n) is 8.70. The zero-order valence-electron chi connectivity index (χ0n) is 19.2. The number of hydrogen-bond acceptors (Lipinski definition) is 3. The molecule has 1 aliphatic carbocycles. The lowest BCUT2D eigenvalue weighted by atomic mass is 9.34. The molecule has 2 aromatic heterocycles. The van der Waals surface area contributed by atoms with Crippen LogP contribution in [0.15, 0.2) is 90.6 Å². The van der Waals surface area contributed by atoms with Crippen LogP contribution in [0.1, 0.15) is 23.8 Å². The summed E-state index contributed by atoms with van der Waals surface area (Å²) in [6, 6.07) is 19.4. The molecule has 5 heteroatoms. The van der Waals surface area contributed by atoms with Gasteiger partial charge in [0.15, 0.2) is 0 Å². The summed E-state index contributed by atoms with van der Waals surface area (Å²) in [6.07, 6.45) is 15.2. The molecule has 0 radical (unpaired) electrons. The van der Waals surface area contributed by atoms with Crippen LogP contribution < -0.4 is 15.8 Å². The van der Waals surface area contributed by atoms with Crippen LogP contribution in [-0.2, 0) is 0 Å². The van der Waals surface area contributed by atoms with E-state index in [-0.39, 0.29) is 6.71 Å². The van der Waals surface area contributed by atoms with E-state index in [0.717, 1.165) is 12.1 Å². The van der Waals surface area contributed by atoms with Gasteiger partial charge in [-0.15, -0.1) is 29.1 Å². The number of allylic oxidation sites excluding steroid dienone is 6. The van der Waals surface area contributed by atoms with E-state index in [0.29, 0.717) is 0 Å². The topological polar surface area (TPSA) is 3.24 Å². The molecule has 0 fully saturated rings. The first-order valence-corrected chi connectivity index (χ1v) is 14.2. The van der Waals surface area contributed by atoms with E-state index in [2.05, 4.69) is 120 Å². The quantitative estimate of drug-likeness (QED) is 0.133. The number of nitrogens with zero attached hydrogens (tertiary/aromatic N) is 1. The maximum atomic E-state index is 5.73. The Labute approximate surface area is 228 Å². The maximum Gasteiger partial charge on any atom is 0.251 e.